The van der Waals surface area contributed by atoms with Crippen molar-refractivity contribution in [1.29, 1.82) is 0 Å². The van der Waals surface area contributed by atoms with E-state index in [1.165, 1.54) is 7.11 Å². The smallest absolute Gasteiger partial charge is 0.339 e. The summed E-state index contributed by atoms with van der Waals surface area (Å²) in [4.78, 5) is 18.7. The van der Waals surface area contributed by atoms with E-state index >= 15 is 0 Å². The highest BCUT2D eigenvalue weighted by Crippen LogP contribution is 2.38. The van der Waals surface area contributed by atoms with Crippen LogP contribution in [0.25, 0.3) is 5.76 Å². The summed E-state index contributed by atoms with van der Waals surface area (Å²) >= 11 is 0. The molecule has 1 N–H and O–H groups in total. The molecule has 0 spiro atoms. The van der Waals surface area contributed by atoms with Gasteiger partial charge in [0, 0.05) is 12.2 Å². The Bertz CT molecular complexity index is 758. The van der Waals surface area contributed by atoms with Gasteiger partial charge in [0.05, 0.1) is 12.8 Å². The molecular formula is C21H23NO4. The van der Waals surface area contributed by atoms with Crippen LogP contribution >= 0.6 is 0 Å². The lowest BCUT2D eigenvalue weighted by atomic mass is 9.97. The predicted octanol–water partition coefficient (Wildman–Crippen LogP) is 3.55. The molecule has 5 heteroatoms. The molecular weight excluding hydrogens is 330 g/mol. The zero-order valence-corrected chi connectivity index (χ0v) is 14.8. The number of ether oxygens (including phenoxy) is 1. The molecule has 0 amide bonds. The van der Waals surface area contributed by atoms with Crippen LogP contribution in [-0.4, -0.2) is 30.8 Å². The summed E-state index contributed by atoms with van der Waals surface area (Å²) < 4.78 is 5.05. The Morgan fingerprint density at radius 2 is 1.73 bits per heavy atom. The monoisotopic (exact) mass is 353 g/mol. The van der Waals surface area contributed by atoms with Crippen LogP contribution in [0.15, 0.2) is 66.2 Å². The Morgan fingerprint density at radius 3 is 2.35 bits per heavy atom. The number of anilines is 1. The average Bonchev–Trinajstić information content (AvgIpc) is 3.08. The van der Waals surface area contributed by atoms with Crippen LogP contribution in [0.5, 0.6) is 0 Å². The fourth-order valence-corrected chi connectivity index (χ4v) is 3.13. The van der Waals surface area contributed by atoms with Gasteiger partial charge in [-0.1, -0.05) is 48.5 Å². The van der Waals surface area contributed by atoms with E-state index in [1.807, 2.05) is 60.7 Å². The number of aliphatic hydroxyl groups is 1. The van der Waals surface area contributed by atoms with Gasteiger partial charge in [0.25, 0.3) is 0 Å². The number of aliphatic hydroxyl groups excluding tert-OH is 1. The molecule has 1 atom stereocenters. The van der Waals surface area contributed by atoms with E-state index in [0.717, 1.165) is 17.7 Å². The fourth-order valence-electron chi connectivity index (χ4n) is 3.13. The summed E-state index contributed by atoms with van der Waals surface area (Å²) in [6.07, 6.45) is 2.13. The Morgan fingerprint density at radius 1 is 1.08 bits per heavy atom. The average molecular weight is 353 g/mol. The summed E-state index contributed by atoms with van der Waals surface area (Å²) in [6.45, 7) is 0.127. The first kappa shape index (κ1) is 18.0. The Hall–Kier alpha value is -2.79. The van der Waals surface area contributed by atoms with Gasteiger partial charge in [-0.05, 0) is 31.4 Å². The Labute approximate surface area is 153 Å². The van der Waals surface area contributed by atoms with Gasteiger partial charge in [-0.25, -0.2) is 9.86 Å². The third-order valence-corrected chi connectivity index (χ3v) is 4.39. The van der Waals surface area contributed by atoms with Crippen molar-refractivity contribution in [2.24, 2.45) is 0 Å². The second-order valence-electron chi connectivity index (χ2n) is 6.09. The zero-order chi connectivity index (χ0) is 18.4. The molecule has 2 aromatic carbocycles. The number of hydroxylamine groups is 1. The van der Waals surface area contributed by atoms with Crippen LogP contribution in [0.4, 0.5) is 5.69 Å². The predicted molar refractivity (Wildman–Crippen MR) is 100 cm³/mol. The number of carbonyl (C=O) groups is 1. The molecule has 0 aromatic heterocycles. The number of unbranched alkanes of at least 4 members (excludes halogenated alkanes) is 1. The largest absolute Gasteiger partial charge is 0.465 e. The van der Waals surface area contributed by atoms with Crippen molar-refractivity contribution in [1.82, 2.24) is 0 Å². The van der Waals surface area contributed by atoms with Crippen LogP contribution in [-0.2, 0) is 14.4 Å². The molecule has 0 saturated carbocycles. The van der Waals surface area contributed by atoms with Gasteiger partial charge in [-0.3, -0.25) is 0 Å². The molecule has 5 nitrogen and oxygen atoms in total. The minimum atomic E-state index is -0.392. The minimum Gasteiger partial charge on any atom is -0.465 e. The second kappa shape index (κ2) is 8.54. The maximum atomic E-state index is 12.6. The molecule has 1 aliphatic heterocycles. The minimum absolute atomic E-state index is 0.127. The van der Waals surface area contributed by atoms with Gasteiger partial charge < -0.3 is 14.7 Å². The van der Waals surface area contributed by atoms with E-state index in [9.17, 15) is 4.79 Å². The normalized spacial score (nSPS) is 16.5. The molecule has 1 heterocycles. The third-order valence-electron chi connectivity index (χ3n) is 4.39. The number of hydrogen-bond acceptors (Lipinski definition) is 5. The SMILES string of the molecule is COC(=O)C1=C(c2ccccc2)ON(c2ccccc2)C1CCCCO. The molecule has 0 fully saturated rings. The van der Waals surface area contributed by atoms with Crippen molar-refractivity contribution >= 4 is 17.4 Å². The van der Waals surface area contributed by atoms with Crippen LogP contribution < -0.4 is 5.06 Å². The first-order chi connectivity index (χ1) is 12.8. The molecule has 26 heavy (non-hydrogen) atoms. The summed E-state index contributed by atoms with van der Waals surface area (Å²) in [5.41, 5.74) is 2.22. The highest BCUT2D eigenvalue weighted by molar-refractivity contribution is 5.99. The van der Waals surface area contributed by atoms with Gasteiger partial charge in [0.15, 0.2) is 5.76 Å². The summed E-state index contributed by atoms with van der Waals surface area (Å²) in [7, 11) is 1.38. The second-order valence-corrected chi connectivity index (χ2v) is 6.09. The van der Waals surface area contributed by atoms with Crippen molar-refractivity contribution in [3.05, 3.63) is 71.8 Å². The van der Waals surface area contributed by atoms with Crippen molar-refractivity contribution in [2.75, 3.05) is 18.8 Å². The lowest BCUT2D eigenvalue weighted by Gasteiger charge is -2.26. The van der Waals surface area contributed by atoms with E-state index in [0.29, 0.717) is 24.2 Å². The van der Waals surface area contributed by atoms with Crippen LogP contribution in [0.1, 0.15) is 24.8 Å². The van der Waals surface area contributed by atoms with Crippen LogP contribution in [0.2, 0.25) is 0 Å². The first-order valence-corrected chi connectivity index (χ1v) is 8.77. The Kier molecular flexibility index (Phi) is 5.92. The number of carbonyl (C=O) groups excluding carboxylic acids is 1. The van der Waals surface area contributed by atoms with Gasteiger partial charge in [0.2, 0.25) is 0 Å². The topological polar surface area (TPSA) is 59.0 Å². The van der Waals surface area contributed by atoms with Crippen LogP contribution in [0, 0.1) is 0 Å². The van der Waals surface area contributed by atoms with E-state index < -0.39 is 5.97 Å². The molecule has 1 aliphatic rings. The first-order valence-electron chi connectivity index (χ1n) is 8.77. The van der Waals surface area contributed by atoms with Crippen molar-refractivity contribution < 1.29 is 19.5 Å². The molecule has 0 saturated heterocycles. The quantitative estimate of drug-likeness (QED) is 0.609. The lowest BCUT2D eigenvalue weighted by Crippen LogP contribution is -2.33. The molecule has 0 aliphatic carbocycles. The Balaban J connectivity index is 2.03. The van der Waals surface area contributed by atoms with E-state index in [1.54, 1.807) is 5.06 Å². The van der Waals surface area contributed by atoms with Gasteiger partial charge >= 0.3 is 5.97 Å². The number of methoxy groups -OCH3 is 1. The van der Waals surface area contributed by atoms with E-state index in [-0.39, 0.29) is 12.6 Å². The molecule has 0 radical (unpaired) electrons. The maximum absolute atomic E-state index is 12.6. The molecule has 136 valence electrons. The summed E-state index contributed by atoms with van der Waals surface area (Å²) in [5.74, 6) is 0.131. The molecule has 0 bridgehead atoms. The van der Waals surface area contributed by atoms with Crippen molar-refractivity contribution in [3.8, 4) is 0 Å². The van der Waals surface area contributed by atoms with Crippen molar-refractivity contribution in [2.45, 2.75) is 25.3 Å². The standard InChI is InChI=1S/C21H23NO4/c1-25-21(24)19-18(14-8-9-15-23)22(17-12-6-3-7-13-17)26-20(19)16-10-4-2-5-11-16/h2-7,10-13,18,23H,8-9,14-15H2,1H3. The number of rotatable bonds is 7. The van der Waals surface area contributed by atoms with Gasteiger partial charge in [-0.2, -0.15) is 0 Å². The fraction of sp³-hybridized carbons (Fsp3) is 0.286. The van der Waals surface area contributed by atoms with Gasteiger partial charge in [-0.15, -0.1) is 0 Å². The highest BCUT2D eigenvalue weighted by Gasteiger charge is 2.40. The van der Waals surface area contributed by atoms with Crippen molar-refractivity contribution in [3.63, 3.8) is 0 Å². The van der Waals surface area contributed by atoms with Crippen LogP contribution in [0.3, 0.4) is 0 Å². The molecule has 1 unspecified atom stereocenters. The number of hydrogen-bond donors (Lipinski definition) is 1. The maximum Gasteiger partial charge on any atom is 0.339 e. The summed E-state index contributed by atoms with van der Waals surface area (Å²) in [6, 6.07) is 19.0. The molecule has 3 rings (SSSR count). The zero-order valence-electron chi connectivity index (χ0n) is 14.8. The highest BCUT2D eigenvalue weighted by atomic mass is 16.7. The number of esters is 1. The number of para-hydroxylation sites is 1. The number of benzene rings is 2. The number of nitrogens with zero attached hydrogens (tertiary/aromatic N) is 1. The molecule has 2 aromatic rings. The summed E-state index contributed by atoms with van der Waals surface area (Å²) in [5, 5.41) is 10.9. The lowest BCUT2D eigenvalue weighted by molar-refractivity contribution is -0.136. The van der Waals surface area contributed by atoms with E-state index in [4.69, 9.17) is 14.7 Å². The van der Waals surface area contributed by atoms with E-state index in [2.05, 4.69) is 0 Å². The third kappa shape index (κ3) is 3.73. The van der Waals surface area contributed by atoms with Gasteiger partial charge in [0.1, 0.15) is 11.6 Å².